The maximum absolute atomic E-state index is 5.81. The van der Waals surface area contributed by atoms with E-state index in [0.717, 1.165) is 18.5 Å². The number of hydrogen-bond acceptors (Lipinski definition) is 5. The zero-order valence-electron chi connectivity index (χ0n) is 11.2. The summed E-state index contributed by atoms with van der Waals surface area (Å²) in [5, 5.41) is 4.27. The zero-order valence-corrected chi connectivity index (χ0v) is 12.0. The number of nitrogens with two attached hydrogens (primary N) is 1. The van der Waals surface area contributed by atoms with E-state index in [0.29, 0.717) is 5.92 Å². The molecule has 0 amide bonds. The van der Waals surface area contributed by atoms with Gasteiger partial charge in [0.1, 0.15) is 0 Å². The first-order valence-corrected chi connectivity index (χ1v) is 7.91. The number of aryl methyl sites for hydroxylation is 1. The lowest BCUT2D eigenvalue weighted by Gasteiger charge is -2.24. The molecule has 2 rings (SSSR count). The molecule has 0 bridgehead atoms. The van der Waals surface area contributed by atoms with Crippen molar-refractivity contribution in [2.24, 2.45) is 11.8 Å². The molecule has 1 aromatic rings. The van der Waals surface area contributed by atoms with Crippen LogP contribution in [0.3, 0.4) is 0 Å². The second-order valence-electron chi connectivity index (χ2n) is 5.23. The largest absolute Gasteiger partial charge is 0.271 e. The Kier molecular flexibility index (Phi) is 5.53. The summed E-state index contributed by atoms with van der Waals surface area (Å²) >= 11 is 1.52. The van der Waals surface area contributed by atoms with Gasteiger partial charge >= 0.3 is 0 Å². The van der Waals surface area contributed by atoms with Crippen LogP contribution < -0.4 is 11.3 Å². The Balaban J connectivity index is 2.12. The van der Waals surface area contributed by atoms with E-state index >= 15 is 0 Å². The number of hydrogen-bond donors (Lipinski definition) is 2. The van der Waals surface area contributed by atoms with Crippen molar-refractivity contribution in [1.82, 2.24) is 15.0 Å². The lowest BCUT2D eigenvalue weighted by Crippen LogP contribution is -2.33. The fraction of sp³-hybridized carbons (Fsp3) is 0.846. The predicted molar refractivity (Wildman–Crippen MR) is 75.2 cm³/mol. The smallest absolute Gasteiger partial charge is 0.0804 e. The summed E-state index contributed by atoms with van der Waals surface area (Å²) < 4.78 is 4.12. The minimum atomic E-state index is 0.254. The summed E-state index contributed by atoms with van der Waals surface area (Å²) in [5.41, 5.74) is 4.18. The molecule has 1 aliphatic carbocycles. The van der Waals surface area contributed by atoms with Crippen LogP contribution in [0.4, 0.5) is 0 Å². The lowest BCUT2D eigenvalue weighted by molar-refractivity contribution is 0.331. The van der Waals surface area contributed by atoms with Gasteiger partial charge in [0.05, 0.1) is 16.6 Å². The quantitative estimate of drug-likeness (QED) is 0.489. The molecule has 1 aliphatic rings. The van der Waals surface area contributed by atoms with Crippen LogP contribution in [0.15, 0.2) is 0 Å². The van der Waals surface area contributed by atoms with Crippen molar-refractivity contribution in [3.8, 4) is 0 Å². The van der Waals surface area contributed by atoms with E-state index in [-0.39, 0.29) is 6.04 Å². The second kappa shape index (κ2) is 7.16. The molecule has 5 heteroatoms. The molecule has 1 aromatic heterocycles. The highest BCUT2D eigenvalue weighted by atomic mass is 32.1. The minimum absolute atomic E-state index is 0.254. The molecule has 0 saturated heterocycles. The Hall–Kier alpha value is -0.520. The number of nitrogens with one attached hydrogen (secondary N) is 1. The molecule has 1 heterocycles. The van der Waals surface area contributed by atoms with E-state index in [1.165, 1.54) is 54.9 Å². The maximum Gasteiger partial charge on any atom is 0.0804 e. The van der Waals surface area contributed by atoms with Crippen molar-refractivity contribution in [1.29, 1.82) is 0 Å². The van der Waals surface area contributed by atoms with Crippen molar-refractivity contribution >= 4 is 11.5 Å². The number of hydrazine groups is 1. The summed E-state index contributed by atoms with van der Waals surface area (Å²) in [6, 6.07) is 0.254. The molecule has 3 N–H and O–H groups in total. The van der Waals surface area contributed by atoms with E-state index in [1.807, 2.05) is 0 Å². The Morgan fingerprint density at radius 3 is 2.67 bits per heavy atom. The highest BCUT2D eigenvalue weighted by Crippen LogP contribution is 2.35. The van der Waals surface area contributed by atoms with E-state index < -0.39 is 0 Å². The van der Waals surface area contributed by atoms with Gasteiger partial charge in [0.15, 0.2) is 0 Å². The fourth-order valence-corrected chi connectivity index (χ4v) is 3.78. The highest BCUT2D eigenvalue weighted by molar-refractivity contribution is 7.05. The number of nitrogens with zero attached hydrogens (tertiary/aromatic N) is 2. The summed E-state index contributed by atoms with van der Waals surface area (Å²) in [7, 11) is 0. The normalized spacial score (nSPS) is 19.7. The van der Waals surface area contributed by atoms with E-state index in [4.69, 9.17) is 5.84 Å². The van der Waals surface area contributed by atoms with Gasteiger partial charge in [0, 0.05) is 0 Å². The molecule has 1 fully saturated rings. The first kappa shape index (κ1) is 13.9. The lowest BCUT2D eigenvalue weighted by atomic mass is 9.90. The van der Waals surface area contributed by atoms with Gasteiger partial charge < -0.3 is 0 Å². The van der Waals surface area contributed by atoms with Gasteiger partial charge in [-0.05, 0) is 36.7 Å². The topological polar surface area (TPSA) is 63.8 Å². The van der Waals surface area contributed by atoms with E-state index in [2.05, 4.69) is 21.9 Å². The van der Waals surface area contributed by atoms with Crippen LogP contribution in [0.1, 0.15) is 68.5 Å². The van der Waals surface area contributed by atoms with Crippen LogP contribution in [0.2, 0.25) is 0 Å². The van der Waals surface area contributed by atoms with Crippen LogP contribution >= 0.6 is 11.5 Å². The third-order valence-corrected chi connectivity index (χ3v) is 4.75. The van der Waals surface area contributed by atoms with Crippen molar-refractivity contribution < 1.29 is 0 Å². The van der Waals surface area contributed by atoms with Crippen LogP contribution in [0.25, 0.3) is 0 Å². The molecule has 1 unspecified atom stereocenters. The predicted octanol–water partition coefficient (Wildman–Crippen LogP) is 2.97. The average Bonchev–Trinajstić information content (AvgIpc) is 2.66. The minimum Gasteiger partial charge on any atom is -0.271 e. The first-order chi connectivity index (χ1) is 8.86. The van der Waals surface area contributed by atoms with Gasteiger partial charge in [0.2, 0.25) is 0 Å². The second-order valence-corrected chi connectivity index (χ2v) is 6.02. The zero-order chi connectivity index (χ0) is 12.8. The average molecular weight is 268 g/mol. The monoisotopic (exact) mass is 268 g/mol. The molecular formula is C13H24N4S. The Morgan fingerprint density at radius 1 is 1.33 bits per heavy atom. The molecule has 1 saturated carbocycles. The number of aromatic nitrogens is 2. The molecule has 0 aromatic carbocycles. The van der Waals surface area contributed by atoms with Gasteiger partial charge in [-0.2, -0.15) is 0 Å². The standard InChI is InChI=1S/C13H24N4S/c1-2-7-11-13(18-17-16-11)12(15-14)10-8-5-3-4-6-9-10/h10,12,15H,2-9,14H2,1H3. The van der Waals surface area contributed by atoms with E-state index in [1.54, 1.807) is 0 Å². The first-order valence-electron chi connectivity index (χ1n) is 7.14. The van der Waals surface area contributed by atoms with Crippen molar-refractivity contribution in [2.75, 3.05) is 0 Å². The summed E-state index contributed by atoms with van der Waals surface area (Å²) in [4.78, 5) is 1.27. The van der Waals surface area contributed by atoms with Crippen LogP contribution in [-0.4, -0.2) is 9.59 Å². The van der Waals surface area contributed by atoms with Gasteiger partial charge in [-0.3, -0.25) is 11.3 Å². The third-order valence-electron chi connectivity index (χ3n) is 3.91. The molecule has 0 spiro atoms. The third kappa shape index (κ3) is 3.28. The molecule has 102 valence electrons. The molecule has 18 heavy (non-hydrogen) atoms. The van der Waals surface area contributed by atoms with Crippen molar-refractivity contribution in [2.45, 2.75) is 64.3 Å². The molecular weight excluding hydrogens is 244 g/mol. The van der Waals surface area contributed by atoms with Crippen molar-refractivity contribution in [3.05, 3.63) is 10.6 Å². The summed E-state index contributed by atoms with van der Waals surface area (Å²) in [5.74, 6) is 6.46. The highest BCUT2D eigenvalue weighted by Gasteiger charge is 2.27. The van der Waals surface area contributed by atoms with Gasteiger partial charge in [-0.25, -0.2) is 0 Å². The van der Waals surface area contributed by atoms with Crippen molar-refractivity contribution in [3.63, 3.8) is 0 Å². The molecule has 4 nitrogen and oxygen atoms in total. The van der Waals surface area contributed by atoms with Gasteiger partial charge in [0.25, 0.3) is 0 Å². The fourth-order valence-electron chi connectivity index (χ4n) is 2.93. The Labute approximate surface area is 113 Å². The summed E-state index contributed by atoms with van der Waals surface area (Å²) in [6.45, 7) is 2.18. The maximum atomic E-state index is 5.81. The Bertz CT molecular complexity index is 345. The van der Waals surface area contributed by atoms with Gasteiger partial charge in [-0.15, -0.1) is 5.10 Å². The molecule has 0 radical (unpaired) electrons. The van der Waals surface area contributed by atoms with E-state index in [9.17, 15) is 0 Å². The van der Waals surface area contributed by atoms with Gasteiger partial charge in [-0.1, -0.05) is 43.5 Å². The summed E-state index contributed by atoms with van der Waals surface area (Å²) in [6.07, 6.45) is 10.1. The Morgan fingerprint density at radius 2 is 2.06 bits per heavy atom. The SMILES string of the molecule is CCCc1nnsc1C(NN)C1CCCCCC1. The van der Waals surface area contributed by atoms with Crippen LogP contribution in [0, 0.1) is 5.92 Å². The number of rotatable bonds is 5. The van der Waals surface area contributed by atoms with Crippen LogP contribution in [0.5, 0.6) is 0 Å². The molecule has 0 aliphatic heterocycles. The molecule has 1 atom stereocenters. The van der Waals surface area contributed by atoms with Crippen LogP contribution in [-0.2, 0) is 6.42 Å².